The number of carbonyl (C=O) groups excluding carboxylic acids is 1. The van der Waals surface area contributed by atoms with Crippen molar-refractivity contribution >= 4 is 17.1 Å². The number of hydrogen-bond acceptors (Lipinski definition) is 3. The summed E-state index contributed by atoms with van der Waals surface area (Å²) < 4.78 is 15.3. The molecule has 0 bridgehead atoms. The monoisotopic (exact) mass is 392 g/mol. The Labute approximate surface area is 169 Å². The minimum Gasteiger partial charge on any atom is -0.371 e. The second-order valence-corrected chi connectivity index (χ2v) is 8.33. The zero-order valence-corrected chi connectivity index (χ0v) is 16.5. The molecule has 3 aromatic rings. The Balaban J connectivity index is 1.23. The van der Waals surface area contributed by atoms with Crippen LogP contribution >= 0.6 is 0 Å². The van der Waals surface area contributed by atoms with E-state index in [2.05, 4.69) is 39.6 Å². The molecule has 1 aromatic carbocycles. The molecule has 2 fully saturated rings. The van der Waals surface area contributed by atoms with Gasteiger partial charge in [-0.3, -0.25) is 4.79 Å². The van der Waals surface area contributed by atoms with Crippen LogP contribution in [0.25, 0.3) is 5.52 Å². The summed E-state index contributed by atoms with van der Waals surface area (Å²) >= 11 is 0. The first-order valence-corrected chi connectivity index (χ1v) is 10.3. The molecular formula is C23H25FN4O. The Morgan fingerprint density at radius 2 is 1.86 bits per heavy atom. The van der Waals surface area contributed by atoms with Crippen LogP contribution in [0, 0.1) is 18.8 Å². The molecule has 0 spiro atoms. The summed E-state index contributed by atoms with van der Waals surface area (Å²) in [5.41, 5.74) is 4.40. The first kappa shape index (κ1) is 18.2. The Bertz CT molecular complexity index is 1030. The number of anilines is 1. The van der Waals surface area contributed by atoms with Gasteiger partial charge in [-0.25, -0.2) is 8.91 Å². The summed E-state index contributed by atoms with van der Waals surface area (Å²) in [7, 11) is 0. The summed E-state index contributed by atoms with van der Waals surface area (Å²) in [6, 6.07) is 14.0. The van der Waals surface area contributed by atoms with E-state index in [0.29, 0.717) is 36.8 Å². The topological polar surface area (TPSA) is 49.6 Å². The number of aromatic nitrogens is 2. The fourth-order valence-electron chi connectivity index (χ4n) is 4.93. The number of aryl methyl sites for hydroxylation is 1. The molecule has 1 amide bonds. The van der Waals surface area contributed by atoms with Gasteiger partial charge in [-0.15, -0.1) is 0 Å². The molecule has 5 nitrogen and oxygen atoms in total. The highest BCUT2D eigenvalue weighted by molar-refractivity contribution is 6.01. The van der Waals surface area contributed by atoms with E-state index in [1.54, 1.807) is 4.52 Å². The molecular weight excluding hydrogens is 367 g/mol. The van der Waals surface area contributed by atoms with Crippen LogP contribution in [-0.2, 0) is 6.54 Å². The van der Waals surface area contributed by atoms with Crippen molar-refractivity contribution in [1.29, 1.82) is 0 Å². The summed E-state index contributed by atoms with van der Waals surface area (Å²) in [6.07, 6.45) is 2.68. The van der Waals surface area contributed by atoms with Crippen LogP contribution in [0.4, 0.5) is 10.1 Å². The average molecular weight is 392 g/mol. The first-order valence-electron chi connectivity index (χ1n) is 10.3. The summed E-state index contributed by atoms with van der Waals surface area (Å²) in [6.45, 7) is 4.23. The minimum absolute atomic E-state index is 0.110. The van der Waals surface area contributed by atoms with Crippen molar-refractivity contribution in [3.8, 4) is 0 Å². The molecule has 0 radical (unpaired) electrons. The van der Waals surface area contributed by atoms with E-state index in [-0.39, 0.29) is 5.91 Å². The Morgan fingerprint density at radius 3 is 2.59 bits per heavy atom. The molecule has 2 aliphatic rings. The third kappa shape index (κ3) is 3.37. The van der Waals surface area contributed by atoms with Gasteiger partial charge in [-0.1, -0.05) is 18.2 Å². The predicted molar refractivity (Wildman–Crippen MR) is 111 cm³/mol. The van der Waals surface area contributed by atoms with Crippen LogP contribution < -0.4 is 10.2 Å². The largest absolute Gasteiger partial charge is 0.371 e. The standard InChI is InChI=1S/C23H25FN4O/c1-15-22(21-4-2-3-9-28(21)26-15)23(29)25-12-16-5-7-20(8-6-16)27-13-17-10-19(24)11-18(17)14-27/h2-9,17-19H,10-14H2,1H3,(H,25,29)/t17-,18+,19?. The molecule has 6 heteroatoms. The predicted octanol–water partition coefficient (Wildman–Crippen LogP) is 3.76. The third-order valence-electron chi connectivity index (χ3n) is 6.39. The molecule has 1 saturated carbocycles. The third-order valence-corrected chi connectivity index (χ3v) is 6.39. The normalized spacial score (nSPS) is 23.5. The number of fused-ring (bicyclic) bond motifs is 2. The number of nitrogens with one attached hydrogen (secondary N) is 1. The quantitative estimate of drug-likeness (QED) is 0.736. The number of amides is 1. The molecule has 1 aliphatic carbocycles. The molecule has 5 rings (SSSR count). The Hall–Kier alpha value is -2.89. The number of hydrogen-bond donors (Lipinski definition) is 1. The van der Waals surface area contributed by atoms with E-state index < -0.39 is 6.17 Å². The van der Waals surface area contributed by atoms with Gasteiger partial charge in [0.25, 0.3) is 5.91 Å². The smallest absolute Gasteiger partial charge is 0.255 e. The van der Waals surface area contributed by atoms with Crippen molar-refractivity contribution in [1.82, 2.24) is 14.9 Å². The maximum atomic E-state index is 13.5. The van der Waals surface area contributed by atoms with E-state index in [4.69, 9.17) is 0 Å². The van der Waals surface area contributed by atoms with Crippen molar-refractivity contribution in [2.24, 2.45) is 11.8 Å². The number of benzene rings is 1. The molecule has 2 aromatic heterocycles. The number of rotatable bonds is 4. The minimum atomic E-state index is -0.602. The van der Waals surface area contributed by atoms with Gasteiger partial charge in [0.2, 0.25) is 0 Å². The lowest BCUT2D eigenvalue weighted by Crippen LogP contribution is -2.24. The number of alkyl halides is 1. The van der Waals surface area contributed by atoms with Crippen molar-refractivity contribution in [2.45, 2.75) is 32.5 Å². The number of halogens is 1. The molecule has 3 atom stereocenters. The van der Waals surface area contributed by atoms with Crippen LogP contribution in [0.3, 0.4) is 0 Å². The van der Waals surface area contributed by atoms with Gasteiger partial charge in [0, 0.05) is 31.5 Å². The molecule has 150 valence electrons. The van der Waals surface area contributed by atoms with Crippen molar-refractivity contribution in [3.63, 3.8) is 0 Å². The maximum absolute atomic E-state index is 13.5. The fourth-order valence-corrected chi connectivity index (χ4v) is 4.93. The number of carbonyl (C=O) groups is 1. The highest BCUT2D eigenvalue weighted by Crippen LogP contribution is 2.41. The van der Waals surface area contributed by atoms with Crippen molar-refractivity contribution in [3.05, 3.63) is 65.5 Å². The van der Waals surface area contributed by atoms with Crippen LogP contribution in [0.2, 0.25) is 0 Å². The fraction of sp³-hybridized carbons (Fsp3) is 0.391. The van der Waals surface area contributed by atoms with Gasteiger partial charge in [0.1, 0.15) is 6.17 Å². The lowest BCUT2D eigenvalue weighted by atomic mass is 10.0. The van der Waals surface area contributed by atoms with Gasteiger partial charge in [0.05, 0.1) is 16.8 Å². The van der Waals surface area contributed by atoms with Gasteiger partial charge < -0.3 is 10.2 Å². The van der Waals surface area contributed by atoms with E-state index in [0.717, 1.165) is 29.9 Å². The average Bonchev–Trinajstić information content (AvgIpc) is 3.36. The molecule has 3 heterocycles. The highest BCUT2D eigenvalue weighted by Gasteiger charge is 2.41. The number of nitrogens with zero attached hydrogens (tertiary/aromatic N) is 3. The first-order chi connectivity index (χ1) is 14.1. The summed E-state index contributed by atoms with van der Waals surface area (Å²) in [5, 5.41) is 7.41. The van der Waals surface area contributed by atoms with E-state index >= 15 is 0 Å². The molecule has 29 heavy (non-hydrogen) atoms. The second-order valence-electron chi connectivity index (χ2n) is 8.33. The van der Waals surface area contributed by atoms with Crippen LogP contribution in [0.5, 0.6) is 0 Å². The van der Waals surface area contributed by atoms with Crippen molar-refractivity contribution < 1.29 is 9.18 Å². The maximum Gasteiger partial charge on any atom is 0.255 e. The van der Waals surface area contributed by atoms with Crippen LogP contribution in [-0.4, -0.2) is 34.8 Å². The van der Waals surface area contributed by atoms with Gasteiger partial charge in [-0.05, 0) is 61.4 Å². The Morgan fingerprint density at radius 1 is 1.14 bits per heavy atom. The lowest BCUT2D eigenvalue weighted by molar-refractivity contribution is 0.0952. The van der Waals surface area contributed by atoms with E-state index in [9.17, 15) is 9.18 Å². The van der Waals surface area contributed by atoms with Crippen LogP contribution in [0.15, 0.2) is 48.7 Å². The highest BCUT2D eigenvalue weighted by atomic mass is 19.1. The number of pyridine rings is 1. The van der Waals surface area contributed by atoms with Gasteiger partial charge >= 0.3 is 0 Å². The van der Waals surface area contributed by atoms with Crippen molar-refractivity contribution in [2.75, 3.05) is 18.0 Å². The van der Waals surface area contributed by atoms with Gasteiger partial charge in [0.15, 0.2) is 0 Å². The Kier molecular flexibility index (Phi) is 4.49. The van der Waals surface area contributed by atoms with Gasteiger partial charge in [-0.2, -0.15) is 5.10 Å². The SMILES string of the molecule is Cc1nn2ccccc2c1C(=O)NCc1ccc(N2C[C@H]3CC(F)C[C@H]3C2)cc1. The summed E-state index contributed by atoms with van der Waals surface area (Å²) in [4.78, 5) is 15.1. The molecule has 1 aliphatic heterocycles. The van der Waals surface area contributed by atoms with E-state index in [1.165, 1.54) is 5.69 Å². The zero-order chi connectivity index (χ0) is 20.0. The zero-order valence-electron chi connectivity index (χ0n) is 16.5. The summed E-state index contributed by atoms with van der Waals surface area (Å²) in [5.74, 6) is 0.886. The van der Waals surface area contributed by atoms with Crippen LogP contribution in [0.1, 0.15) is 34.5 Å². The van der Waals surface area contributed by atoms with E-state index in [1.807, 2.05) is 31.3 Å². The lowest BCUT2D eigenvalue weighted by Gasteiger charge is -2.20. The molecule has 1 unspecified atom stereocenters. The second kappa shape index (κ2) is 7.17. The molecule has 1 saturated heterocycles. The molecule has 1 N–H and O–H groups in total.